The summed E-state index contributed by atoms with van der Waals surface area (Å²) in [4.78, 5) is 23.3. The molecule has 0 heterocycles. The Bertz CT molecular complexity index is 342. The van der Waals surface area contributed by atoms with Crippen LogP contribution >= 0.6 is 0 Å². The predicted octanol–water partition coefficient (Wildman–Crippen LogP) is -0.287. The van der Waals surface area contributed by atoms with E-state index in [1.54, 1.807) is 0 Å². The van der Waals surface area contributed by atoms with E-state index in [0.717, 1.165) is 32.1 Å². The number of likely N-dealkylation sites (N-methyl/N-ethyl adjacent to an activating group) is 1. The number of carboxylic acids is 1. The molecule has 19 heavy (non-hydrogen) atoms. The minimum atomic E-state index is -1.81. The third-order valence-electron chi connectivity index (χ3n) is 3.61. The second-order valence-corrected chi connectivity index (χ2v) is 6.73. The maximum atomic E-state index is 12.5. The Kier molecular flexibility index (Phi) is 5.10. The summed E-state index contributed by atoms with van der Waals surface area (Å²) < 4.78 is 0.336. The number of carbonyl (C=O) groups is 2. The van der Waals surface area contributed by atoms with Gasteiger partial charge in [0.2, 0.25) is 0 Å². The Morgan fingerprint density at radius 3 is 2.16 bits per heavy atom. The second kappa shape index (κ2) is 6.01. The monoisotopic (exact) mass is 271 g/mol. The molecule has 0 bridgehead atoms. The molecule has 1 rings (SSSR count). The van der Waals surface area contributed by atoms with Crippen molar-refractivity contribution in [1.29, 1.82) is 0 Å². The van der Waals surface area contributed by atoms with Crippen LogP contribution < -0.4 is 5.11 Å². The van der Waals surface area contributed by atoms with Gasteiger partial charge in [0.1, 0.15) is 6.54 Å². The van der Waals surface area contributed by atoms with Crippen LogP contribution in [-0.2, 0) is 9.59 Å². The lowest BCUT2D eigenvalue weighted by molar-refractivity contribution is -0.875. The third kappa shape index (κ3) is 4.91. The number of aliphatic carboxylic acids is 1. The number of carboxylic acid groups (broad SMARTS) is 1. The molecule has 1 aliphatic carbocycles. The maximum absolute atomic E-state index is 12.5. The number of hydrogen-bond donors (Lipinski definition) is 1. The second-order valence-electron chi connectivity index (χ2n) is 6.73. The smallest absolute Gasteiger partial charge is 0.177 e. The highest BCUT2D eigenvalue weighted by atomic mass is 16.4. The van der Waals surface area contributed by atoms with Crippen molar-refractivity contribution in [1.82, 2.24) is 0 Å². The Hall–Kier alpha value is -0.940. The topological polar surface area (TPSA) is 77.4 Å². The number of hydrogen-bond acceptors (Lipinski definition) is 4. The SMILES string of the molecule is C[N+](C)(C)CC(O)(CC(=O)[O-])C(=O)C1CCCCC1. The molecular weight excluding hydrogens is 246 g/mol. The molecule has 0 spiro atoms. The van der Waals surface area contributed by atoms with Gasteiger partial charge < -0.3 is 19.5 Å². The summed E-state index contributed by atoms with van der Waals surface area (Å²) in [7, 11) is 5.48. The molecule has 1 saturated carbocycles. The van der Waals surface area contributed by atoms with Gasteiger partial charge >= 0.3 is 0 Å². The summed E-state index contributed by atoms with van der Waals surface area (Å²) in [5, 5.41) is 21.4. The molecule has 110 valence electrons. The number of rotatable bonds is 6. The Balaban J connectivity index is 2.87. The molecule has 1 fully saturated rings. The first kappa shape index (κ1) is 16.1. The van der Waals surface area contributed by atoms with Crippen molar-refractivity contribution in [3.63, 3.8) is 0 Å². The molecule has 1 unspecified atom stereocenters. The van der Waals surface area contributed by atoms with E-state index in [2.05, 4.69) is 0 Å². The third-order valence-corrected chi connectivity index (χ3v) is 3.61. The van der Waals surface area contributed by atoms with Gasteiger partial charge in [0, 0.05) is 18.3 Å². The molecule has 5 nitrogen and oxygen atoms in total. The zero-order valence-electron chi connectivity index (χ0n) is 12.1. The predicted molar refractivity (Wildman–Crippen MR) is 69.1 cm³/mol. The van der Waals surface area contributed by atoms with E-state index >= 15 is 0 Å². The van der Waals surface area contributed by atoms with Gasteiger partial charge in [-0.1, -0.05) is 19.3 Å². The van der Waals surface area contributed by atoms with Crippen molar-refractivity contribution in [2.45, 2.75) is 44.1 Å². The largest absolute Gasteiger partial charge is 0.550 e. The summed E-state index contributed by atoms with van der Waals surface area (Å²) in [5.41, 5.74) is -1.81. The molecule has 1 N–H and O–H groups in total. The summed E-state index contributed by atoms with van der Waals surface area (Å²) in [6.45, 7) is 0.0936. The van der Waals surface area contributed by atoms with E-state index in [4.69, 9.17) is 0 Å². The molecule has 1 atom stereocenters. The van der Waals surface area contributed by atoms with Crippen LogP contribution in [0.1, 0.15) is 38.5 Å². The lowest BCUT2D eigenvalue weighted by atomic mass is 9.78. The van der Waals surface area contributed by atoms with Gasteiger partial charge in [-0.15, -0.1) is 0 Å². The average Bonchev–Trinajstić information content (AvgIpc) is 2.25. The fourth-order valence-electron chi connectivity index (χ4n) is 2.99. The first-order valence-electron chi connectivity index (χ1n) is 6.91. The van der Waals surface area contributed by atoms with Crippen molar-refractivity contribution in [3.05, 3.63) is 0 Å². The standard InChI is InChI=1S/C14H25NO4/c1-15(2,3)10-14(19,9-12(16)17)13(18)11-7-5-4-6-8-11/h11,19H,4-10H2,1-3H3. The summed E-state index contributed by atoms with van der Waals surface area (Å²) in [6.07, 6.45) is 3.96. The van der Waals surface area contributed by atoms with E-state index in [0.29, 0.717) is 4.48 Å². The Morgan fingerprint density at radius 2 is 1.74 bits per heavy atom. The minimum absolute atomic E-state index is 0.0936. The fourth-order valence-corrected chi connectivity index (χ4v) is 2.99. The number of Topliss-reactive ketones (excluding diaryl/α,β-unsaturated/α-hetero) is 1. The van der Waals surface area contributed by atoms with Crippen molar-refractivity contribution < 1.29 is 24.3 Å². The average molecular weight is 271 g/mol. The normalized spacial score (nSPS) is 20.8. The molecule has 1 aliphatic rings. The van der Waals surface area contributed by atoms with Crippen LogP contribution in [0.15, 0.2) is 0 Å². The van der Waals surface area contributed by atoms with Gasteiger partial charge in [-0.25, -0.2) is 0 Å². The Morgan fingerprint density at radius 1 is 1.21 bits per heavy atom. The van der Waals surface area contributed by atoms with Gasteiger partial charge in [-0.2, -0.15) is 0 Å². The van der Waals surface area contributed by atoms with E-state index in [1.165, 1.54) is 0 Å². The summed E-state index contributed by atoms with van der Waals surface area (Å²) in [6, 6.07) is 0. The number of nitrogens with zero attached hydrogens (tertiary/aromatic N) is 1. The van der Waals surface area contributed by atoms with Gasteiger partial charge in [0.25, 0.3) is 0 Å². The zero-order chi connectivity index (χ0) is 14.7. The molecular formula is C14H25NO4. The van der Waals surface area contributed by atoms with Gasteiger partial charge in [-0.05, 0) is 12.8 Å². The number of quaternary nitrogens is 1. The number of ketones is 1. The van der Waals surface area contributed by atoms with E-state index in [-0.39, 0.29) is 18.2 Å². The lowest BCUT2D eigenvalue weighted by Crippen LogP contribution is -2.57. The van der Waals surface area contributed by atoms with Gasteiger partial charge in [0.05, 0.1) is 21.1 Å². The molecule has 0 radical (unpaired) electrons. The van der Waals surface area contributed by atoms with Crippen molar-refractivity contribution >= 4 is 11.8 Å². The van der Waals surface area contributed by atoms with Gasteiger partial charge in [0.15, 0.2) is 11.4 Å². The van der Waals surface area contributed by atoms with Crippen LogP contribution in [0.3, 0.4) is 0 Å². The van der Waals surface area contributed by atoms with Crippen molar-refractivity contribution in [3.8, 4) is 0 Å². The molecule has 5 heteroatoms. The Labute approximate surface area is 114 Å². The molecule has 0 aliphatic heterocycles. The van der Waals surface area contributed by atoms with Crippen LogP contribution in [-0.4, -0.2) is 54.6 Å². The molecule has 0 aromatic carbocycles. The molecule has 0 amide bonds. The van der Waals surface area contributed by atoms with Crippen LogP contribution in [0.4, 0.5) is 0 Å². The fraction of sp³-hybridized carbons (Fsp3) is 0.857. The van der Waals surface area contributed by atoms with Gasteiger partial charge in [-0.3, -0.25) is 4.79 Å². The van der Waals surface area contributed by atoms with Crippen LogP contribution in [0.25, 0.3) is 0 Å². The highest BCUT2D eigenvalue weighted by Crippen LogP contribution is 2.30. The number of carbonyl (C=O) groups excluding carboxylic acids is 2. The zero-order valence-corrected chi connectivity index (χ0v) is 12.1. The lowest BCUT2D eigenvalue weighted by Gasteiger charge is -2.37. The highest BCUT2D eigenvalue weighted by molar-refractivity contribution is 5.92. The first-order chi connectivity index (χ1) is 8.64. The van der Waals surface area contributed by atoms with E-state index in [9.17, 15) is 19.8 Å². The van der Waals surface area contributed by atoms with Crippen LogP contribution in [0.2, 0.25) is 0 Å². The first-order valence-corrected chi connectivity index (χ1v) is 6.91. The molecule has 0 aromatic heterocycles. The van der Waals surface area contributed by atoms with E-state index in [1.807, 2.05) is 21.1 Å². The van der Waals surface area contributed by atoms with Crippen LogP contribution in [0.5, 0.6) is 0 Å². The van der Waals surface area contributed by atoms with Crippen LogP contribution in [0, 0.1) is 5.92 Å². The number of aliphatic hydroxyl groups is 1. The van der Waals surface area contributed by atoms with E-state index < -0.39 is 18.0 Å². The minimum Gasteiger partial charge on any atom is -0.550 e. The maximum Gasteiger partial charge on any atom is 0.177 e. The summed E-state index contributed by atoms with van der Waals surface area (Å²) in [5.74, 6) is -1.89. The highest BCUT2D eigenvalue weighted by Gasteiger charge is 2.44. The quantitative estimate of drug-likeness (QED) is 0.674. The van der Waals surface area contributed by atoms with Crippen molar-refractivity contribution in [2.75, 3.05) is 27.7 Å². The molecule has 0 saturated heterocycles. The molecule has 0 aromatic rings. The summed E-state index contributed by atoms with van der Waals surface area (Å²) >= 11 is 0. The van der Waals surface area contributed by atoms with Crippen molar-refractivity contribution in [2.24, 2.45) is 5.92 Å².